The van der Waals surface area contributed by atoms with Gasteiger partial charge in [0.2, 0.25) is 10.0 Å². The Morgan fingerprint density at radius 3 is 2.54 bits per heavy atom. The summed E-state index contributed by atoms with van der Waals surface area (Å²) in [4.78, 5) is 11.4. The molecule has 0 unspecified atom stereocenters. The number of sulfonamides is 1. The van der Waals surface area contributed by atoms with Gasteiger partial charge in [0, 0.05) is 18.9 Å². The number of carboxylic acid groups (broad SMARTS) is 1. The Morgan fingerprint density at radius 1 is 1.11 bits per heavy atom. The lowest BCUT2D eigenvalue weighted by Crippen LogP contribution is -2.47. The molecule has 0 fully saturated rings. The molecule has 144 valence electrons. The highest BCUT2D eigenvalue weighted by molar-refractivity contribution is 7.89. The average Bonchev–Trinajstić information content (AvgIpc) is 3.22. The minimum absolute atomic E-state index is 0.0972. The highest BCUT2D eigenvalue weighted by atomic mass is 32.2. The van der Waals surface area contributed by atoms with Gasteiger partial charge >= 0.3 is 6.09 Å². The Labute approximate surface area is 162 Å². The summed E-state index contributed by atoms with van der Waals surface area (Å²) in [5.41, 5.74) is 2.31. The van der Waals surface area contributed by atoms with Gasteiger partial charge in [0.15, 0.2) is 0 Å². The van der Waals surface area contributed by atoms with Crippen LogP contribution in [0.2, 0.25) is 0 Å². The highest BCUT2D eigenvalue weighted by Gasteiger charge is 2.37. The van der Waals surface area contributed by atoms with Gasteiger partial charge in [0.1, 0.15) is 6.17 Å². The average molecular weight is 398 g/mol. The Bertz CT molecular complexity index is 1100. The van der Waals surface area contributed by atoms with Crippen molar-refractivity contribution in [2.45, 2.75) is 17.5 Å². The fraction of sp³-hybridized carbons (Fsp3) is 0.158. The molecule has 2 heterocycles. The third-order valence-corrected chi connectivity index (χ3v) is 6.59. The number of carbonyl (C=O) groups is 1. The Balaban J connectivity index is 1.70. The summed E-state index contributed by atoms with van der Waals surface area (Å²) < 4.78 is 29.3. The van der Waals surface area contributed by atoms with Crippen LogP contribution in [0.4, 0.5) is 4.79 Å². The molecule has 8 nitrogen and oxygen atoms in total. The van der Waals surface area contributed by atoms with E-state index >= 15 is 0 Å². The van der Waals surface area contributed by atoms with Gasteiger partial charge in [0.05, 0.1) is 10.6 Å². The van der Waals surface area contributed by atoms with Gasteiger partial charge in [-0.25, -0.2) is 17.9 Å². The molecular formula is C19H18N4O4S. The number of amides is 1. The van der Waals surface area contributed by atoms with Crippen molar-refractivity contribution in [2.24, 2.45) is 0 Å². The lowest BCUT2D eigenvalue weighted by Gasteiger charge is -2.36. The van der Waals surface area contributed by atoms with Crippen molar-refractivity contribution < 1.29 is 18.3 Å². The van der Waals surface area contributed by atoms with Crippen molar-refractivity contribution in [3.8, 4) is 5.69 Å². The standard InChI is InChI=1S/C19H18N4O4S/c24-19(25)21-18-17-5-2-1-4-14(17)10-13-23(18)28(26,27)16-8-6-15(7-9-16)22-12-3-11-20-22/h1-9,11-12,18,21H,10,13H2,(H,24,25)/t18-/m0/s1. The quantitative estimate of drug-likeness (QED) is 0.702. The van der Waals surface area contributed by atoms with Crippen molar-refractivity contribution in [1.82, 2.24) is 19.4 Å². The van der Waals surface area contributed by atoms with Crippen LogP contribution < -0.4 is 5.32 Å². The van der Waals surface area contributed by atoms with Gasteiger partial charge in [-0.05, 0) is 47.9 Å². The van der Waals surface area contributed by atoms with Crippen LogP contribution >= 0.6 is 0 Å². The van der Waals surface area contributed by atoms with Crippen LogP contribution in [0.25, 0.3) is 5.69 Å². The van der Waals surface area contributed by atoms with E-state index in [1.807, 2.05) is 12.1 Å². The SMILES string of the molecule is O=C(O)N[C@@H]1c2ccccc2CCN1S(=O)(=O)c1ccc(-n2cccn2)cc1. The van der Waals surface area contributed by atoms with Crippen LogP contribution in [0, 0.1) is 0 Å². The zero-order valence-corrected chi connectivity index (χ0v) is 15.6. The molecule has 2 N–H and O–H groups in total. The number of nitrogens with one attached hydrogen (secondary N) is 1. The van der Waals surface area contributed by atoms with Gasteiger partial charge in [0.25, 0.3) is 0 Å². The maximum Gasteiger partial charge on any atom is 0.406 e. The number of hydrogen-bond acceptors (Lipinski definition) is 4. The maximum atomic E-state index is 13.3. The van der Waals surface area contributed by atoms with Crippen LogP contribution in [-0.4, -0.2) is 40.2 Å². The summed E-state index contributed by atoms with van der Waals surface area (Å²) in [5, 5.41) is 15.7. The summed E-state index contributed by atoms with van der Waals surface area (Å²) >= 11 is 0. The molecule has 0 saturated carbocycles. The number of benzene rings is 2. The molecule has 4 rings (SSSR count). The van der Waals surface area contributed by atoms with E-state index in [0.717, 1.165) is 11.3 Å². The number of rotatable bonds is 4. The summed E-state index contributed by atoms with van der Waals surface area (Å²) in [6.45, 7) is 0.186. The smallest absolute Gasteiger partial charge is 0.406 e. The second-order valence-electron chi connectivity index (χ2n) is 6.36. The first kappa shape index (κ1) is 18.2. The van der Waals surface area contributed by atoms with Crippen molar-refractivity contribution in [3.63, 3.8) is 0 Å². The fourth-order valence-corrected chi connectivity index (χ4v) is 4.92. The van der Waals surface area contributed by atoms with Crippen LogP contribution in [0.15, 0.2) is 71.9 Å². The molecule has 0 aliphatic carbocycles. The van der Waals surface area contributed by atoms with E-state index < -0.39 is 22.3 Å². The first-order chi connectivity index (χ1) is 13.5. The van der Waals surface area contributed by atoms with E-state index in [-0.39, 0.29) is 11.4 Å². The molecule has 0 saturated heterocycles. The predicted octanol–water partition coefficient (Wildman–Crippen LogP) is 2.39. The molecule has 2 aromatic carbocycles. The number of hydrogen-bond donors (Lipinski definition) is 2. The van der Waals surface area contributed by atoms with Gasteiger partial charge in [-0.15, -0.1) is 0 Å². The van der Waals surface area contributed by atoms with Gasteiger partial charge in [-0.2, -0.15) is 9.40 Å². The minimum Gasteiger partial charge on any atom is -0.465 e. The molecule has 1 amide bonds. The summed E-state index contributed by atoms with van der Waals surface area (Å²) in [6.07, 6.45) is 1.66. The summed E-state index contributed by atoms with van der Waals surface area (Å²) in [5.74, 6) is 0. The lowest BCUT2D eigenvalue weighted by molar-refractivity contribution is 0.173. The summed E-state index contributed by atoms with van der Waals surface area (Å²) in [7, 11) is -3.91. The number of nitrogens with zero attached hydrogens (tertiary/aromatic N) is 3. The zero-order chi connectivity index (χ0) is 19.7. The molecular weight excluding hydrogens is 380 g/mol. The molecule has 0 bridgehead atoms. The zero-order valence-electron chi connectivity index (χ0n) is 14.8. The van der Waals surface area contributed by atoms with Gasteiger partial charge in [-0.1, -0.05) is 24.3 Å². The molecule has 1 atom stereocenters. The van der Waals surface area contributed by atoms with E-state index in [2.05, 4.69) is 10.4 Å². The monoisotopic (exact) mass is 398 g/mol. The van der Waals surface area contributed by atoms with E-state index in [0.29, 0.717) is 12.0 Å². The van der Waals surface area contributed by atoms with Crippen molar-refractivity contribution in [2.75, 3.05) is 6.54 Å². The van der Waals surface area contributed by atoms with E-state index in [1.165, 1.54) is 16.4 Å². The minimum atomic E-state index is -3.91. The van der Waals surface area contributed by atoms with Crippen molar-refractivity contribution >= 4 is 16.1 Å². The second-order valence-corrected chi connectivity index (χ2v) is 8.25. The van der Waals surface area contributed by atoms with Gasteiger partial charge < -0.3 is 10.4 Å². The Morgan fingerprint density at radius 2 is 1.86 bits per heavy atom. The van der Waals surface area contributed by atoms with Crippen molar-refractivity contribution in [1.29, 1.82) is 0 Å². The van der Waals surface area contributed by atoms with E-state index in [4.69, 9.17) is 0 Å². The van der Waals surface area contributed by atoms with Crippen LogP contribution in [0.1, 0.15) is 17.3 Å². The number of aromatic nitrogens is 2. The van der Waals surface area contributed by atoms with Gasteiger partial charge in [-0.3, -0.25) is 0 Å². The van der Waals surface area contributed by atoms with Crippen molar-refractivity contribution in [3.05, 3.63) is 78.1 Å². The predicted molar refractivity (Wildman–Crippen MR) is 102 cm³/mol. The lowest BCUT2D eigenvalue weighted by atomic mass is 9.98. The molecule has 1 aliphatic heterocycles. The first-order valence-electron chi connectivity index (χ1n) is 8.66. The number of fused-ring (bicyclic) bond motifs is 1. The topological polar surface area (TPSA) is 105 Å². The first-order valence-corrected chi connectivity index (χ1v) is 10.1. The van der Waals surface area contributed by atoms with Crippen LogP contribution in [0.3, 0.4) is 0 Å². The largest absolute Gasteiger partial charge is 0.465 e. The molecule has 9 heteroatoms. The molecule has 0 spiro atoms. The molecule has 1 aromatic heterocycles. The molecule has 28 heavy (non-hydrogen) atoms. The molecule has 3 aromatic rings. The fourth-order valence-electron chi connectivity index (χ4n) is 3.40. The van der Waals surface area contributed by atoms with E-state index in [1.54, 1.807) is 47.4 Å². The third-order valence-electron chi connectivity index (χ3n) is 4.71. The Hall–Kier alpha value is -3.17. The van der Waals surface area contributed by atoms with Crippen LogP contribution in [0.5, 0.6) is 0 Å². The van der Waals surface area contributed by atoms with E-state index in [9.17, 15) is 18.3 Å². The second kappa shape index (κ2) is 7.10. The normalized spacial score (nSPS) is 17.1. The maximum absolute atomic E-state index is 13.3. The molecule has 0 radical (unpaired) electrons. The van der Waals surface area contributed by atoms with Crippen LogP contribution in [-0.2, 0) is 16.4 Å². The molecule has 1 aliphatic rings. The summed E-state index contributed by atoms with van der Waals surface area (Å²) in [6, 6.07) is 15.4. The highest BCUT2D eigenvalue weighted by Crippen LogP contribution is 2.32. The Kier molecular flexibility index (Phi) is 4.62. The third kappa shape index (κ3) is 3.25.